The SMILES string of the molecule is CCNC(=NCC1(O)CCC1)NC1CCc2nc(COC)nn2C1.I. The number of aryl methyl sites for hydroxylation is 1. The highest BCUT2D eigenvalue weighted by Crippen LogP contribution is 2.31. The Kier molecular flexibility index (Phi) is 7.44. The maximum atomic E-state index is 10.2. The maximum Gasteiger partial charge on any atom is 0.191 e. The van der Waals surface area contributed by atoms with E-state index in [0.29, 0.717) is 13.2 Å². The predicted octanol–water partition coefficient (Wildman–Crippen LogP) is 0.827. The number of guanidine groups is 1. The van der Waals surface area contributed by atoms with E-state index in [2.05, 4.69) is 25.7 Å². The molecule has 2 aliphatic rings. The van der Waals surface area contributed by atoms with Crippen molar-refractivity contribution in [3.8, 4) is 0 Å². The molecule has 1 fully saturated rings. The van der Waals surface area contributed by atoms with Crippen molar-refractivity contribution >= 4 is 29.9 Å². The van der Waals surface area contributed by atoms with E-state index >= 15 is 0 Å². The maximum absolute atomic E-state index is 10.2. The van der Waals surface area contributed by atoms with Crippen molar-refractivity contribution in [2.75, 3.05) is 20.2 Å². The molecule has 142 valence electrons. The Morgan fingerprint density at radius 3 is 2.92 bits per heavy atom. The van der Waals surface area contributed by atoms with Crippen LogP contribution in [0.2, 0.25) is 0 Å². The van der Waals surface area contributed by atoms with Crippen molar-refractivity contribution in [2.24, 2.45) is 4.99 Å². The van der Waals surface area contributed by atoms with Crippen LogP contribution < -0.4 is 10.6 Å². The molecule has 1 aromatic heterocycles. The molecule has 0 aromatic carbocycles. The number of halogens is 1. The summed E-state index contributed by atoms with van der Waals surface area (Å²) in [7, 11) is 1.65. The lowest BCUT2D eigenvalue weighted by Crippen LogP contribution is -2.48. The van der Waals surface area contributed by atoms with Crippen LogP contribution in [0.25, 0.3) is 0 Å². The average Bonchev–Trinajstić information content (AvgIpc) is 2.93. The summed E-state index contributed by atoms with van der Waals surface area (Å²) in [5.74, 6) is 2.52. The lowest BCUT2D eigenvalue weighted by molar-refractivity contribution is -0.0236. The highest BCUT2D eigenvalue weighted by Gasteiger charge is 2.34. The summed E-state index contributed by atoms with van der Waals surface area (Å²) >= 11 is 0. The Labute approximate surface area is 165 Å². The zero-order valence-electron chi connectivity index (χ0n) is 15.0. The van der Waals surface area contributed by atoms with Gasteiger partial charge in [0.2, 0.25) is 0 Å². The van der Waals surface area contributed by atoms with Gasteiger partial charge in [-0.3, -0.25) is 4.99 Å². The fourth-order valence-electron chi connectivity index (χ4n) is 3.15. The fourth-order valence-corrected chi connectivity index (χ4v) is 3.15. The molecule has 1 aliphatic carbocycles. The molecule has 1 aromatic rings. The average molecular weight is 464 g/mol. The monoisotopic (exact) mass is 464 g/mol. The van der Waals surface area contributed by atoms with Gasteiger partial charge in [-0.05, 0) is 32.6 Å². The first kappa shape index (κ1) is 20.4. The van der Waals surface area contributed by atoms with E-state index in [-0.39, 0.29) is 30.0 Å². The number of fused-ring (bicyclic) bond motifs is 1. The zero-order valence-corrected chi connectivity index (χ0v) is 17.3. The van der Waals surface area contributed by atoms with Crippen LogP contribution in [0.4, 0.5) is 0 Å². The molecule has 0 amide bonds. The van der Waals surface area contributed by atoms with E-state index in [4.69, 9.17) is 4.74 Å². The number of nitrogens with one attached hydrogen (secondary N) is 2. The van der Waals surface area contributed by atoms with E-state index in [1.807, 2.05) is 11.6 Å². The van der Waals surface area contributed by atoms with Gasteiger partial charge in [0.1, 0.15) is 12.4 Å². The molecule has 0 bridgehead atoms. The number of nitrogens with zero attached hydrogens (tertiary/aromatic N) is 4. The number of ether oxygens (including phenoxy) is 1. The minimum Gasteiger partial charge on any atom is -0.388 e. The van der Waals surface area contributed by atoms with Crippen LogP contribution in [0.3, 0.4) is 0 Å². The first-order valence-corrected chi connectivity index (χ1v) is 8.80. The quantitative estimate of drug-likeness (QED) is 0.328. The number of aromatic nitrogens is 3. The van der Waals surface area contributed by atoms with Crippen molar-refractivity contribution in [1.82, 2.24) is 25.4 Å². The number of aliphatic hydroxyl groups is 1. The predicted molar refractivity (Wildman–Crippen MR) is 106 cm³/mol. The molecule has 0 spiro atoms. The highest BCUT2D eigenvalue weighted by atomic mass is 127. The van der Waals surface area contributed by atoms with Gasteiger partial charge in [-0.25, -0.2) is 9.67 Å². The molecule has 8 nitrogen and oxygen atoms in total. The zero-order chi connectivity index (χ0) is 17.0. The molecule has 9 heteroatoms. The normalized spacial score (nSPS) is 21.7. The van der Waals surface area contributed by atoms with Crippen LogP contribution in [0, 0.1) is 0 Å². The Bertz CT molecular complexity index is 587. The van der Waals surface area contributed by atoms with Gasteiger partial charge in [0.15, 0.2) is 11.8 Å². The second kappa shape index (κ2) is 9.13. The van der Waals surface area contributed by atoms with Gasteiger partial charge < -0.3 is 20.5 Å². The molecule has 3 N–H and O–H groups in total. The van der Waals surface area contributed by atoms with Crippen molar-refractivity contribution < 1.29 is 9.84 Å². The Balaban J connectivity index is 0.00000225. The third-order valence-electron chi connectivity index (χ3n) is 4.68. The molecule has 2 heterocycles. The van der Waals surface area contributed by atoms with E-state index in [9.17, 15) is 5.11 Å². The molecule has 1 saturated carbocycles. The molecule has 3 rings (SSSR count). The van der Waals surface area contributed by atoms with Gasteiger partial charge in [0, 0.05) is 26.1 Å². The molecule has 1 aliphatic heterocycles. The van der Waals surface area contributed by atoms with Crippen LogP contribution in [0.1, 0.15) is 44.3 Å². The number of methoxy groups -OCH3 is 1. The third-order valence-corrected chi connectivity index (χ3v) is 4.68. The lowest BCUT2D eigenvalue weighted by atomic mass is 9.80. The van der Waals surface area contributed by atoms with E-state index in [0.717, 1.165) is 62.8 Å². The van der Waals surface area contributed by atoms with Gasteiger partial charge in [-0.1, -0.05) is 0 Å². The second-order valence-electron chi connectivity index (χ2n) is 6.71. The molecule has 25 heavy (non-hydrogen) atoms. The van der Waals surface area contributed by atoms with Gasteiger partial charge in [-0.2, -0.15) is 5.10 Å². The van der Waals surface area contributed by atoms with Crippen LogP contribution in [0.5, 0.6) is 0 Å². The molecular weight excluding hydrogens is 435 g/mol. The van der Waals surface area contributed by atoms with Crippen LogP contribution in [0.15, 0.2) is 4.99 Å². The molecule has 1 atom stereocenters. The summed E-state index contributed by atoms with van der Waals surface area (Å²) in [6.07, 6.45) is 4.67. The Morgan fingerprint density at radius 1 is 1.48 bits per heavy atom. The van der Waals surface area contributed by atoms with E-state index < -0.39 is 5.60 Å². The summed E-state index contributed by atoms with van der Waals surface area (Å²) in [6.45, 7) is 4.51. The van der Waals surface area contributed by atoms with Gasteiger partial charge >= 0.3 is 0 Å². The van der Waals surface area contributed by atoms with Gasteiger partial charge in [0.25, 0.3) is 0 Å². The molecule has 0 radical (unpaired) electrons. The number of aliphatic imine (C=N–C) groups is 1. The number of rotatable bonds is 6. The van der Waals surface area contributed by atoms with E-state index in [1.165, 1.54) is 0 Å². The van der Waals surface area contributed by atoms with Gasteiger partial charge in [-0.15, -0.1) is 24.0 Å². The van der Waals surface area contributed by atoms with E-state index in [1.54, 1.807) is 7.11 Å². The summed E-state index contributed by atoms with van der Waals surface area (Å²) in [5.41, 5.74) is -0.594. The Morgan fingerprint density at radius 2 is 2.28 bits per heavy atom. The molecule has 0 saturated heterocycles. The van der Waals surface area contributed by atoms with Crippen molar-refractivity contribution in [3.63, 3.8) is 0 Å². The summed E-state index contributed by atoms with van der Waals surface area (Å²) < 4.78 is 7.06. The molecular formula is C16H29IN6O2. The van der Waals surface area contributed by atoms with Crippen LogP contribution in [-0.2, 0) is 24.3 Å². The minimum atomic E-state index is -0.594. The van der Waals surface area contributed by atoms with Crippen molar-refractivity contribution in [3.05, 3.63) is 11.6 Å². The summed E-state index contributed by atoms with van der Waals surface area (Å²) in [4.78, 5) is 9.07. The third kappa shape index (κ3) is 5.27. The Hall–Kier alpha value is -0.940. The highest BCUT2D eigenvalue weighted by molar-refractivity contribution is 14.0. The van der Waals surface area contributed by atoms with Crippen LogP contribution in [-0.4, -0.2) is 57.7 Å². The first-order chi connectivity index (χ1) is 11.6. The number of hydrogen-bond acceptors (Lipinski definition) is 5. The number of hydrogen-bond donors (Lipinski definition) is 3. The largest absolute Gasteiger partial charge is 0.388 e. The minimum absolute atomic E-state index is 0. The van der Waals surface area contributed by atoms with Gasteiger partial charge in [0.05, 0.1) is 18.7 Å². The van der Waals surface area contributed by atoms with Crippen molar-refractivity contribution in [1.29, 1.82) is 0 Å². The molecule has 1 unspecified atom stereocenters. The fraction of sp³-hybridized carbons (Fsp3) is 0.812. The first-order valence-electron chi connectivity index (χ1n) is 8.80. The summed E-state index contributed by atoms with van der Waals surface area (Å²) in [6, 6.07) is 0.253. The van der Waals surface area contributed by atoms with Crippen molar-refractivity contribution in [2.45, 2.75) is 63.8 Å². The standard InChI is InChI=1S/C16H28N6O2.HI/c1-3-17-15(18-11-16(23)7-4-8-16)19-12-5-6-14-20-13(10-24-2)21-22(14)9-12;/h12,23H,3-11H2,1-2H3,(H2,17,18,19);1H. The smallest absolute Gasteiger partial charge is 0.191 e. The second-order valence-corrected chi connectivity index (χ2v) is 6.71. The topological polar surface area (TPSA) is 96.6 Å². The van der Waals surface area contributed by atoms with Crippen LogP contribution >= 0.6 is 24.0 Å². The summed E-state index contributed by atoms with van der Waals surface area (Å²) in [5, 5.41) is 21.4. The lowest BCUT2D eigenvalue weighted by Gasteiger charge is -2.35.